The van der Waals surface area contributed by atoms with Crippen molar-refractivity contribution >= 4 is 18.0 Å². The minimum Gasteiger partial charge on any atom is -0.489 e. The van der Waals surface area contributed by atoms with Crippen LogP contribution in [0.25, 0.3) is 0 Å². The van der Waals surface area contributed by atoms with Crippen LogP contribution in [0.15, 0.2) is 70.8 Å². The van der Waals surface area contributed by atoms with E-state index in [4.69, 9.17) is 9.47 Å². The van der Waals surface area contributed by atoms with Crippen LogP contribution in [0.4, 0.5) is 0 Å². The van der Waals surface area contributed by atoms with Gasteiger partial charge in [0.2, 0.25) is 5.88 Å². The van der Waals surface area contributed by atoms with E-state index in [9.17, 15) is 4.79 Å². The Hall–Kier alpha value is -2.86. The number of rotatable bonds is 7. The number of nitrogens with zero attached hydrogens (tertiary/aromatic N) is 2. The van der Waals surface area contributed by atoms with E-state index >= 15 is 0 Å². The summed E-state index contributed by atoms with van der Waals surface area (Å²) in [5.74, 6) is 1.33. The first-order valence-electron chi connectivity index (χ1n) is 7.57. The Morgan fingerprint density at radius 3 is 2.72 bits per heavy atom. The number of ether oxygens (including phenoxy) is 2. The van der Waals surface area contributed by atoms with Gasteiger partial charge in [-0.15, -0.1) is 0 Å². The Labute approximate surface area is 150 Å². The van der Waals surface area contributed by atoms with Gasteiger partial charge < -0.3 is 9.47 Å². The molecule has 1 aromatic carbocycles. The van der Waals surface area contributed by atoms with E-state index in [2.05, 4.69) is 9.97 Å². The zero-order chi connectivity index (χ0) is 17.5. The number of aromatic nitrogens is 2. The molecule has 0 bridgehead atoms. The molecule has 2 heterocycles. The van der Waals surface area contributed by atoms with E-state index in [0.717, 1.165) is 27.4 Å². The smallest absolute Gasteiger partial charge is 0.213 e. The van der Waals surface area contributed by atoms with Crippen molar-refractivity contribution in [2.75, 3.05) is 7.11 Å². The summed E-state index contributed by atoms with van der Waals surface area (Å²) in [6, 6.07) is 13.3. The highest BCUT2D eigenvalue weighted by atomic mass is 32.2. The molecule has 0 amide bonds. The monoisotopic (exact) mass is 352 g/mol. The first kappa shape index (κ1) is 17.0. The number of carbonyl (C=O) groups is 1. The lowest BCUT2D eigenvalue weighted by Crippen LogP contribution is -1.97. The summed E-state index contributed by atoms with van der Waals surface area (Å²) in [4.78, 5) is 21.0. The van der Waals surface area contributed by atoms with Crippen LogP contribution >= 0.6 is 11.8 Å². The minimum absolute atomic E-state index is 0.436. The molecule has 0 N–H and O–H groups in total. The van der Waals surface area contributed by atoms with Gasteiger partial charge in [0.05, 0.1) is 7.11 Å². The molecule has 0 atom stereocenters. The van der Waals surface area contributed by atoms with E-state index in [1.54, 1.807) is 25.7 Å². The lowest BCUT2D eigenvalue weighted by atomic mass is 10.3. The SMILES string of the molecule is COc1cc(COc2ccc(Sc3ccncc3C=O)cc2)ccn1. The molecule has 3 aromatic rings. The van der Waals surface area contributed by atoms with Crippen molar-refractivity contribution in [2.45, 2.75) is 16.4 Å². The second kappa shape index (κ2) is 8.30. The van der Waals surface area contributed by atoms with E-state index in [1.165, 1.54) is 11.8 Å². The number of pyridine rings is 2. The van der Waals surface area contributed by atoms with Gasteiger partial charge in [-0.25, -0.2) is 4.98 Å². The first-order chi connectivity index (χ1) is 12.3. The molecule has 0 saturated carbocycles. The van der Waals surface area contributed by atoms with Crippen LogP contribution in [0.2, 0.25) is 0 Å². The maximum absolute atomic E-state index is 11.1. The van der Waals surface area contributed by atoms with Crippen molar-refractivity contribution in [1.82, 2.24) is 9.97 Å². The minimum atomic E-state index is 0.436. The number of hydrogen-bond donors (Lipinski definition) is 0. The highest BCUT2D eigenvalue weighted by molar-refractivity contribution is 7.99. The molecule has 0 spiro atoms. The second-order valence-corrected chi connectivity index (χ2v) is 6.22. The first-order valence-corrected chi connectivity index (χ1v) is 8.39. The number of benzene rings is 1. The fourth-order valence-corrected chi connectivity index (χ4v) is 3.00. The standard InChI is InChI=1S/C19H16N2O3S/c1-23-19-10-14(6-9-21-19)13-24-16-2-4-17(5-3-16)25-18-7-8-20-11-15(18)12-22/h2-12H,13H2,1H3. The summed E-state index contributed by atoms with van der Waals surface area (Å²) in [5, 5.41) is 0. The van der Waals surface area contributed by atoms with Gasteiger partial charge in [0.1, 0.15) is 12.4 Å². The summed E-state index contributed by atoms with van der Waals surface area (Å²) in [6.45, 7) is 0.436. The van der Waals surface area contributed by atoms with Crippen LogP contribution < -0.4 is 9.47 Å². The quantitative estimate of drug-likeness (QED) is 0.598. The Bertz CT molecular complexity index is 853. The molecule has 0 aliphatic carbocycles. The van der Waals surface area contributed by atoms with Gasteiger partial charge in [0, 0.05) is 40.0 Å². The molecular weight excluding hydrogens is 336 g/mol. The average Bonchev–Trinajstić information content (AvgIpc) is 2.68. The third kappa shape index (κ3) is 4.58. The molecule has 2 aromatic heterocycles. The van der Waals surface area contributed by atoms with Crippen LogP contribution in [0.1, 0.15) is 15.9 Å². The van der Waals surface area contributed by atoms with Gasteiger partial charge in [-0.05, 0) is 42.0 Å². The van der Waals surface area contributed by atoms with E-state index in [-0.39, 0.29) is 0 Å². The van der Waals surface area contributed by atoms with Crippen molar-refractivity contribution in [3.05, 3.63) is 72.2 Å². The predicted octanol–water partition coefficient (Wildman–Crippen LogP) is 4.03. The molecule has 25 heavy (non-hydrogen) atoms. The van der Waals surface area contributed by atoms with Crippen LogP contribution in [0.5, 0.6) is 11.6 Å². The van der Waals surface area contributed by atoms with Crippen molar-refractivity contribution in [1.29, 1.82) is 0 Å². The van der Waals surface area contributed by atoms with Crippen LogP contribution in [0.3, 0.4) is 0 Å². The molecule has 0 saturated heterocycles. The average molecular weight is 352 g/mol. The highest BCUT2D eigenvalue weighted by Crippen LogP contribution is 2.30. The maximum atomic E-state index is 11.1. The number of aldehydes is 1. The normalized spacial score (nSPS) is 10.3. The molecule has 0 aliphatic rings. The van der Waals surface area contributed by atoms with Crippen LogP contribution in [-0.2, 0) is 6.61 Å². The summed E-state index contributed by atoms with van der Waals surface area (Å²) < 4.78 is 10.9. The van der Waals surface area contributed by atoms with Crippen molar-refractivity contribution in [2.24, 2.45) is 0 Å². The lowest BCUT2D eigenvalue weighted by molar-refractivity contribution is 0.112. The van der Waals surface area contributed by atoms with Gasteiger partial charge >= 0.3 is 0 Å². The molecule has 0 fully saturated rings. The Morgan fingerprint density at radius 1 is 1.12 bits per heavy atom. The van der Waals surface area contributed by atoms with Gasteiger partial charge in [-0.2, -0.15) is 0 Å². The highest BCUT2D eigenvalue weighted by Gasteiger charge is 2.04. The Balaban J connectivity index is 1.63. The number of methoxy groups -OCH3 is 1. The third-order valence-electron chi connectivity index (χ3n) is 3.40. The number of hydrogen-bond acceptors (Lipinski definition) is 6. The van der Waals surface area contributed by atoms with Crippen molar-refractivity contribution in [3.8, 4) is 11.6 Å². The number of carbonyl (C=O) groups excluding carboxylic acids is 1. The predicted molar refractivity (Wildman–Crippen MR) is 95.3 cm³/mol. The van der Waals surface area contributed by atoms with Gasteiger partial charge in [-0.1, -0.05) is 11.8 Å². The fourth-order valence-electron chi connectivity index (χ4n) is 2.12. The van der Waals surface area contributed by atoms with E-state index in [0.29, 0.717) is 18.1 Å². The zero-order valence-corrected chi connectivity index (χ0v) is 14.4. The molecular formula is C19H16N2O3S. The summed E-state index contributed by atoms with van der Waals surface area (Å²) in [7, 11) is 1.59. The Kier molecular flexibility index (Phi) is 5.64. The van der Waals surface area contributed by atoms with Crippen molar-refractivity contribution in [3.63, 3.8) is 0 Å². The molecule has 0 radical (unpaired) electrons. The van der Waals surface area contributed by atoms with Crippen molar-refractivity contribution < 1.29 is 14.3 Å². The summed E-state index contributed by atoms with van der Waals surface area (Å²) in [6.07, 6.45) is 5.75. The van der Waals surface area contributed by atoms with E-state index in [1.807, 2.05) is 42.5 Å². The molecule has 126 valence electrons. The summed E-state index contributed by atoms with van der Waals surface area (Å²) in [5.41, 5.74) is 1.57. The van der Waals surface area contributed by atoms with Crippen LogP contribution in [0, 0.1) is 0 Å². The Morgan fingerprint density at radius 2 is 1.96 bits per heavy atom. The molecule has 0 aliphatic heterocycles. The van der Waals surface area contributed by atoms with Gasteiger partial charge in [0.15, 0.2) is 6.29 Å². The molecule has 3 rings (SSSR count). The second-order valence-electron chi connectivity index (χ2n) is 5.10. The largest absolute Gasteiger partial charge is 0.489 e. The topological polar surface area (TPSA) is 61.3 Å². The zero-order valence-electron chi connectivity index (χ0n) is 13.6. The summed E-state index contributed by atoms with van der Waals surface area (Å²) >= 11 is 1.52. The molecule has 6 heteroatoms. The van der Waals surface area contributed by atoms with Gasteiger partial charge in [-0.3, -0.25) is 9.78 Å². The fraction of sp³-hybridized carbons (Fsp3) is 0.105. The molecule has 5 nitrogen and oxygen atoms in total. The van der Waals surface area contributed by atoms with E-state index < -0.39 is 0 Å². The molecule has 0 unspecified atom stereocenters. The lowest BCUT2D eigenvalue weighted by Gasteiger charge is -2.08. The maximum Gasteiger partial charge on any atom is 0.213 e. The third-order valence-corrected chi connectivity index (χ3v) is 4.50. The van der Waals surface area contributed by atoms with Gasteiger partial charge in [0.25, 0.3) is 0 Å². The van der Waals surface area contributed by atoms with Crippen LogP contribution in [-0.4, -0.2) is 23.4 Å².